The molecule has 0 heterocycles. The second kappa shape index (κ2) is 10.5. The molecule has 3 aromatic rings. The fourth-order valence-electron chi connectivity index (χ4n) is 3.23. The zero-order valence-corrected chi connectivity index (χ0v) is 17.7. The van der Waals surface area contributed by atoms with Gasteiger partial charge in [-0.1, -0.05) is 54.1 Å². The molecule has 5 heteroatoms. The van der Waals surface area contributed by atoms with Crippen LogP contribution in [0.5, 0.6) is 11.5 Å². The molecule has 3 rings (SSSR count). The minimum atomic E-state index is -0.391. The first-order valence-electron chi connectivity index (χ1n) is 10.1. The molecule has 30 heavy (non-hydrogen) atoms. The molecular weight excluding hydrogens is 376 g/mol. The minimum absolute atomic E-state index is 0.0968. The Hall–Kier alpha value is -3.31. The molecule has 0 saturated carbocycles. The lowest BCUT2D eigenvalue weighted by atomic mass is 10.1. The van der Waals surface area contributed by atoms with E-state index in [1.165, 1.54) is 5.56 Å². The molecule has 3 aromatic carbocycles. The Bertz CT molecular complexity index is 956. The van der Waals surface area contributed by atoms with Crippen LogP contribution in [-0.4, -0.2) is 26.2 Å². The fourth-order valence-corrected chi connectivity index (χ4v) is 3.23. The topological polar surface area (TPSA) is 64.2 Å². The third-order valence-electron chi connectivity index (χ3n) is 4.86. The number of anilines is 1. The number of ether oxygens (including phenoxy) is 2. The molecule has 0 aromatic heterocycles. The zero-order chi connectivity index (χ0) is 21.3. The van der Waals surface area contributed by atoms with Crippen LogP contribution in [-0.2, 0) is 4.79 Å². The molecular formula is C25H29N2O3+. The van der Waals surface area contributed by atoms with Crippen molar-refractivity contribution in [3.63, 3.8) is 0 Å². The van der Waals surface area contributed by atoms with Crippen LogP contribution in [0.1, 0.15) is 22.7 Å². The predicted octanol–water partition coefficient (Wildman–Crippen LogP) is 3.63. The summed E-state index contributed by atoms with van der Waals surface area (Å²) in [6.45, 7) is 5.18. The van der Waals surface area contributed by atoms with Gasteiger partial charge in [-0.25, -0.2) is 0 Å². The van der Waals surface area contributed by atoms with Gasteiger partial charge in [0.25, 0.3) is 5.91 Å². The van der Waals surface area contributed by atoms with E-state index in [4.69, 9.17) is 9.47 Å². The van der Waals surface area contributed by atoms with Crippen molar-refractivity contribution in [3.05, 3.63) is 89.5 Å². The summed E-state index contributed by atoms with van der Waals surface area (Å²) in [4.78, 5) is 13.2. The second-order valence-electron chi connectivity index (χ2n) is 7.27. The van der Waals surface area contributed by atoms with Gasteiger partial charge >= 0.3 is 0 Å². The van der Waals surface area contributed by atoms with Crippen LogP contribution >= 0.6 is 0 Å². The number of nitrogens with two attached hydrogens (primary N) is 1. The summed E-state index contributed by atoms with van der Waals surface area (Å²) < 4.78 is 11.2. The summed E-state index contributed by atoms with van der Waals surface area (Å²) in [5.74, 6) is 1.38. The van der Waals surface area contributed by atoms with Gasteiger partial charge in [-0.3, -0.25) is 4.79 Å². The monoisotopic (exact) mass is 405 g/mol. The lowest BCUT2D eigenvalue weighted by Gasteiger charge is -2.18. The number of methoxy groups -OCH3 is 1. The van der Waals surface area contributed by atoms with Gasteiger partial charge in [0.15, 0.2) is 6.04 Å². The van der Waals surface area contributed by atoms with Gasteiger partial charge in [-0.05, 0) is 43.7 Å². The average Bonchev–Trinajstić information content (AvgIpc) is 2.75. The smallest absolute Gasteiger partial charge is 0.287 e. The molecule has 3 N–H and O–H groups in total. The van der Waals surface area contributed by atoms with Crippen LogP contribution in [0.4, 0.5) is 5.69 Å². The van der Waals surface area contributed by atoms with Gasteiger partial charge in [-0.2, -0.15) is 0 Å². The Morgan fingerprint density at radius 2 is 1.67 bits per heavy atom. The van der Waals surface area contributed by atoms with E-state index < -0.39 is 6.04 Å². The number of hydrogen-bond donors (Lipinski definition) is 2. The standard InChI is InChI=1S/C25H28N2O3/c1-18-9-12-21(13-10-18)30-16-15-26-24(20-7-5-4-6-8-20)25(28)27-22-17-19(2)11-14-23(22)29-3/h4-14,17,24,26H,15-16H2,1-3H3,(H,27,28)/p+1/t24-/m0/s1. The predicted molar refractivity (Wildman–Crippen MR) is 119 cm³/mol. The van der Waals surface area contributed by atoms with Crippen LogP contribution < -0.4 is 20.1 Å². The van der Waals surface area contributed by atoms with Crippen LogP contribution in [0.25, 0.3) is 0 Å². The summed E-state index contributed by atoms with van der Waals surface area (Å²) in [6, 6.07) is 23.1. The van der Waals surface area contributed by atoms with E-state index in [0.717, 1.165) is 16.9 Å². The summed E-state index contributed by atoms with van der Waals surface area (Å²) in [5.41, 5.74) is 3.86. The molecule has 0 aliphatic heterocycles. The zero-order valence-electron chi connectivity index (χ0n) is 17.7. The molecule has 0 unspecified atom stereocenters. The SMILES string of the molecule is COc1ccc(C)cc1NC(=O)[C@@H]([NH2+]CCOc1ccc(C)cc1)c1ccccc1. The average molecular weight is 406 g/mol. The van der Waals surface area contributed by atoms with E-state index in [0.29, 0.717) is 24.6 Å². The number of benzene rings is 3. The van der Waals surface area contributed by atoms with Gasteiger partial charge in [0.05, 0.1) is 12.8 Å². The Labute approximate surface area is 178 Å². The number of aryl methyl sites for hydroxylation is 2. The highest BCUT2D eigenvalue weighted by atomic mass is 16.5. The molecule has 0 fully saturated rings. The lowest BCUT2D eigenvalue weighted by Crippen LogP contribution is -2.88. The molecule has 0 spiro atoms. The van der Waals surface area contributed by atoms with Crippen molar-refractivity contribution in [2.45, 2.75) is 19.9 Å². The van der Waals surface area contributed by atoms with Gasteiger partial charge in [0.2, 0.25) is 0 Å². The first kappa shape index (κ1) is 21.4. The molecule has 0 aliphatic rings. The number of amides is 1. The molecule has 1 atom stereocenters. The van der Waals surface area contributed by atoms with Gasteiger partial charge < -0.3 is 20.1 Å². The summed E-state index contributed by atoms with van der Waals surface area (Å²) in [6.07, 6.45) is 0. The maximum absolute atomic E-state index is 13.2. The van der Waals surface area contributed by atoms with Crippen LogP contribution in [0, 0.1) is 13.8 Å². The molecule has 1 amide bonds. The van der Waals surface area contributed by atoms with Crippen molar-refractivity contribution in [3.8, 4) is 11.5 Å². The number of carbonyl (C=O) groups is 1. The van der Waals surface area contributed by atoms with E-state index >= 15 is 0 Å². The quantitative estimate of drug-likeness (QED) is 0.534. The van der Waals surface area contributed by atoms with E-state index in [1.807, 2.05) is 92.0 Å². The first-order valence-corrected chi connectivity index (χ1v) is 10.1. The molecule has 5 nitrogen and oxygen atoms in total. The fraction of sp³-hybridized carbons (Fsp3) is 0.240. The molecule has 156 valence electrons. The Morgan fingerprint density at radius 1 is 0.967 bits per heavy atom. The first-order chi connectivity index (χ1) is 14.6. The Morgan fingerprint density at radius 3 is 2.37 bits per heavy atom. The highest BCUT2D eigenvalue weighted by molar-refractivity contribution is 5.95. The third-order valence-corrected chi connectivity index (χ3v) is 4.86. The van der Waals surface area contributed by atoms with E-state index in [1.54, 1.807) is 7.11 Å². The van der Waals surface area contributed by atoms with Gasteiger partial charge in [0.1, 0.15) is 24.7 Å². The second-order valence-corrected chi connectivity index (χ2v) is 7.27. The normalized spacial score (nSPS) is 11.6. The lowest BCUT2D eigenvalue weighted by molar-refractivity contribution is -0.682. The minimum Gasteiger partial charge on any atom is -0.495 e. The summed E-state index contributed by atoms with van der Waals surface area (Å²) in [7, 11) is 1.60. The molecule has 0 radical (unpaired) electrons. The number of carbonyl (C=O) groups excluding carboxylic acids is 1. The summed E-state index contributed by atoms with van der Waals surface area (Å²) >= 11 is 0. The van der Waals surface area contributed by atoms with Crippen LogP contribution in [0.15, 0.2) is 72.8 Å². The van der Waals surface area contributed by atoms with Gasteiger partial charge in [-0.15, -0.1) is 0 Å². The highest BCUT2D eigenvalue weighted by Crippen LogP contribution is 2.26. The maximum atomic E-state index is 13.2. The molecule has 0 bridgehead atoms. The number of rotatable bonds is 9. The number of quaternary nitrogens is 1. The van der Waals surface area contributed by atoms with E-state index in [9.17, 15) is 4.79 Å². The van der Waals surface area contributed by atoms with Crippen LogP contribution in [0.3, 0.4) is 0 Å². The van der Waals surface area contributed by atoms with Crippen molar-refractivity contribution < 1.29 is 19.6 Å². The number of nitrogens with one attached hydrogen (secondary N) is 1. The van der Waals surface area contributed by atoms with Crippen molar-refractivity contribution >= 4 is 11.6 Å². The molecule has 0 saturated heterocycles. The third kappa shape index (κ3) is 5.84. The maximum Gasteiger partial charge on any atom is 0.287 e. The van der Waals surface area contributed by atoms with Crippen molar-refractivity contribution in [2.24, 2.45) is 0 Å². The van der Waals surface area contributed by atoms with E-state index in [2.05, 4.69) is 5.32 Å². The highest BCUT2D eigenvalue weighted by Gasteiger charge is 2.25. The van der Waals surface area contributed by atoms with E-state index in [-0.39, 0.29) is 5.91 Å². The summed E-state index contributed by atoms with van der Waals surface area (Å²) in [5, 5.41) is 5.03. The van der Waals surface area contributed by atoms with Crippen molar-refractivity contribution in [1.29, 1.82) is 0 Å². The van der Waals surface area contributed by atoms with Gasteiger partial charge in [0, 0.05) is 5.56 Å². The van der Waals surface area contributed by atoms with Crippen LogP contribution in [0.2, 0.25) is 0 Å². The molecule has 0 aliphatic carbocycles. The Balaban J connectivity index is 1.67. The largest absolute Gasteiger partial charge is 0.495 e. The Kier molecular flexibility index (Phi) is 7.46. The number of hydrogen-bond acceptors (Lipinski definition) is 3. The van der Waals surface area contributed by atoms with Crippen molar-refractivity contribution in [2.75, 3.05) is 25.6 Å². The van der Waals surface area contributed by atoms with Crippen molar-refractivity contribution in [1.82, 2.24) is 0 Å².